The van der Waals surface area contributed by atoms with E-state index in [1.54, 1.807) is 0 Å². The Morgan fingerprint density at radius 1 is 1.05 bits per heavy atom. The molecule has 2 heterocycles. The largest absolute Gasteiger partial charge is 0.337 e. The highest BCUT2D eigenvalue weighted by atomic mass is 16.5. The molecule has 0 saturated carbocycles. The van der Waals surface area contributed by atoms with Crippen LogP contribution < -0.4 is 5.32 Å². The molecule has 1 aromatic heterocycles. The molecule has 4 nitrogen and oxygen atoms in total. The van der Waals surface area contributed by atoms with Gasteiger partial charge in [0.25, 0.3) is 0 Å². The van der Waals surface area contributed by atoms with Crippen LogP contribution in [-0.4, -0.2) is 16.7 Å². The van der Waals surface area contributed by atoms with Crippen molar-refractivity contribution in [1.82, 2.24) is 15.5 Å². The summed E-state index contributed by atoms with van der Waals surface area (Å²) in [4.78, 5) is 4.57. The summed E-state index contributed by atoms with van der Waals surface area (Å²) in [6.07, 6.45) is 3.51. The summed E-state index contributed by atoms with van der Waals surface area (Å²) in [7, 11) is 0. The van der Waals surface area contributed by atoms with Gasteiger partial charge in [-0.1, -0.05) is 48.0 Å². The lowest BCUT2D eigenvalue weighted by Crippen LogP contribution is -2.26. The summed E-state index contributed by atoms with van der Waals surface area (Å²) in [5.41, 5.74) is 1.000. The zero-order valence-electron chi connectivity index (χ0n) is 11.7. The van der Waals surface area contributed by atoms with Crippen LogP contribution >= 0.6 is 0 Å². The highest BCUT2D eigenvalue weighted by Gasteiger charge is 2.21. The Labute approximate surface area is 123 Å². The molecule has 0 bridgehead atoms. The highest BCUT2D eigenvalue weighted by molar-refractivity contribution is 5.86. The molecule has 0 unspecified atom stereocenters. The minimum atomic E-state index is 0.209. The number of hydrogen-bond donors (Lipinski definition) is 1. The molecule has 0 radical (unpaired) electrons. The van der Waals surface area contributed by atoms with Gasteiger partial charge >= 0.3 is 0 Å². The van der Waals surface area contributed by atoms with E-state index >= 15 is 0 Å². The number of benzene rings is 2. The van der Waals surface area contributed by atoms with Crippen molar-refractivity contribution < 1.29 is 4.52 Å². The number of nitrogens with one attached hydrogen (secondary N) is 1. The summed E-state index contributed by atoms with van der Waals surface area (Å²) < 4.78 is 5.45. The van der Waals surface area contributed by atoms with Crippen LogP contribution in [0.2, 0.25) is 0 Å². The molecule has 106 valence electrons. The Bertz CT molecular complexity index is 759. The Morgan fingerprint density at radius 2 is 1.95 bits per heavy atom. The maximum atomic E-state index is 5.45. The predicted molar refractivity (Wildman–Crippen MR) is 81.8 cm³/mol. The van der Waals surface area contributed by atoms with Gasteiger partial charge in [-0.2, -0.15) is 4.98 Å². The minimum Gasteiger partial charge on any atom is -0.337 e. The molecule has 0 spiro atoms. The van der Waals surface area contributed by atoms with Crippen LogP contribution in [0.15, 0.2) is 47.0 Å². The third-order valence-electron chi connectivity index (χ3n) is 4.06. The molecule has 0 aliphatic carbocycles. The maximum absolute atomic E-state index is 5.45. The average molecular weight is 279 g/mol. The molecule has 1 fully saturated rings. The van der Waals surface area contributed by atoms with Gasteiger partial charge in [0.2, 0.25) is 11.7 Å². The van der Waals surface area contributed by atoms with Gasteiger partial charge in [-0.15, -0.1) is 0 Å². The summed E-state index contributed by atoms with van der Waals surface area (Å²) in [6.45, 7) is 1.03. The van der Waals surface area contributed by atoms with Gasteiger partial charge in [0.05, 0.1) is 6.04 Å². The fraction of sp³-hybridized carbons (Fsp3) is 0.294. The third-order valence-corrected chi connectivity index (χ3v) is 4.06. The first-order valence-electron chi connectivity index (χ1n) is 7.46. The number of piperidine rings is 1. The van der Waals surface area contributed by atoms with Crippen molar-refractivity contribution >= 4 is 10.8 Å². The number of aromatic nitrogens is 2. The monoisotopic (exact) mass is 279 g/mol. The van der Waals surface area contributed by atoms with E-state index in [2.05, 4.69) is 39.7 Å². The van der Waals surface area contributed by atoms with Gasteiger partial charge in [0.15, 0.2) is 0 Å². The van der Waals surface area contributed by atoms with E-state index in [9.17, 15) is 0 Å². The van der Waals surface area contributed by atoms with Gasteiger partial charge in [-0.05, 0) is 36.2 Å². The molecule has 4 heteroatoms. The Morgan fingerprint density at radius 3 is 2.81 bits per heavy atom. The van der Waals surface area contributed by atoms with Crippen molar-refractivity contribution in [2.24, 2.45) is 0 Å². The van der Waals surface area contributed by atoms with Crippen LogP contribution in [0.3, 0.4) is 0 Å². The minimum absolute atomic E-state index is 0.209. The van der Waals surface area contributed by atoms with E-state index in [-0.39, 0.29) is 6.04 Å². The molecule has 3 aromatic rings. The van der Waals surface area contributed by atoms with Crippen molar-refractivity contribution in [3.63, 3.8) is 0 Å². The fourth-order valence-electron chi connectivity index (χ4n) is 2.89. The number of fused-ring (bicyclic) bond motifs is 1. The summed E-state index contributed by atoms with van der Waals surface area (Å²) in [5, 5.41) is 9.99. The van der Waals surface area contributed by atoms with Gasteiger partial charge in [-0.3, -0.25) is 0 Å². The molecule has 1 N–H and O–H groups in total. The van der Waals surface area contributed by atoms with Crippen molar-refractivity contribution in [3.8, 4) is 11.4 Å². The maximum Gasteiger partial charge on any atom is 0.244 e. The Balaban J connectivity index is 1.67. The first-order valence-corrected chi connectivity index (χ1v) is 7.46. The molecule has 21 heavy (non-hydrogen) atoms. The van der Waals surface area contributed by atoms with Crippen LogP contribution in [0.1, 0.15) is 31.2 Å². The number of hydrogen-bond acceptors (Lipinski definition) is 4. The summed E-state index contributed by atoms with van der Waals surface area (Å²) in [6, 6.07) is 14.8. The molecule has 2 aromatic carbocycles. The Kier molecular flexibility index (Phi) is 3.16. The third kappa shape index (κ3) is 2.43. The van der Waals surface area contributed by atoms with E-state index < -0.39 is 0 Å². The van der Waals surface area contributed by atoms with Gasteiger partial charge in [0.1, 0.15) is 0 Å². The molecule has 1 aliphatic rings. The molecular formula is C17H17N3O. The highest BCUT2D eigenvalue weighted by Crippen LogP contribution is 2.26. The topological polar surface area (TPSA) is 51.0 Å². The zero-order chi connectivity index (χ0) is 14.1. The van der Waals surface area contributed by atoms with Crippen LogP contribution in [0.25, 0.3) is 22.2 Å². The predicted octanol–water partition coefficient (Wildman–Crippen LogP) is 3.70. The van der Waals surface area contributed by atoms with Crippen LogP contribution in [0, 0.1) is 0 Å². The molecule has 1 saturated heterocycles. The summed E-state index contributed by atoms with van der Waals surface area (Å²) >= 11 is 0. The van der Waals surface area contributed by atoms with Gasteiger partial charge in [0, 0.05) is 5.56 Å². The fourth-order valence-corrected chi connectivity index (χ4v) is 2.89. The number of nitrogens with zero attached hydrogens (tertiary/aromatic N) is 2. The van der Waals surface area contributed by atoms with E-state index in [0.29, 0.717) is 11.7 Å². The van der Waals surface area contributed by atoms with Crippen molar-refractivity contribution in [1.29, 1.82) is 0 Å². The smallest absolute Gasteiger partial charge is 0.244 e. The van der Waals surface area contributed by atoms with E-state index in [4.69, 9.17) is 4.52 Å². The van der Waals surface area contributed by atoms with Crippen LogP contribution in [-0.2, 0) is 0 Å². The molecule has 0 amide bonds. The lowest BCUT2D eigenvalue weighted by atomic mass is 10.1. The second-order valence-corrected chi connectivity index (χ2v) is 5.52. The first-order chi connectivity index (χ1) is 10.4. The summed E-state index contributed by atoms with van der Waals surface area (Å²) in [5.74, 6) is 1.38. The second-order valence-electron chi connectivity index (χ2n) is 5.52. The first kappa shape index (κ1) is 12.5. The standard InChI is InChI=1S/C17H17N3O/c1-2-6-13-11-14(9-8-12(13)5-1)16-19-17(21-20-16)15-7-3-4-10-18-15/h1-2,5-6,8-9,11,15,18H,3-4,7,10H2/t15-/m0/s1. The number of rotatable bonds is 2. The molecule has 4 rings (SSSR count). The van der Waals surface area contributed by atoms with Crippen molar-refractivity contribution in [2.75, 3.05) is 6.54 Å². The van der Waals surface area contributed by atoms with Gasteiger partial charge in [-0.25, -0.2) is 0 Å². The average Bonchev–Trinajstić information content (AvgIpc) is 3.05. The van der Waals surface area contributed by atoms with Crippen molar-refractivity contribution in [3.05, 3.63) is 48.4 Å². The molecule has 1 atom stereocenters. The van der Waals surface area contributed by atoms with Crippen LogP contribution in [0.5, 0.6) is 0 Å². The molecule has 1 aliphatic heterocycles. The SMILES string of the molecule is c1ccc2cc(-c3noc([C@@H]4CCCCN4)n3)ccc2c1. The zero-order valence-corrected chi connectivity index (χ0v) is 11.7. The van der Waals surface area contributed by atoms with Gasteiger partial charge < -0.3 is 9.84 Å². The second kappa shape index (κ2) is 5.30. The molecular weight excluding hydrogens is 262 g/mol. The lowest BCUT2D eigenvalue weighted by molar-refractivity contribution is 0.297. The lowest BCUT2D eigenvalue weighted by Gasteiger charge is -2.19. The van der Waals surface area contributed by atoms with E-state index in [0.717, 1.165) is 18.5 Å². The van der Waals surface area contributed by atoms with E-state index in [1.807, 2.05) is 18.2 Å². The van der Waals surface area contributed by atoms with Crippen molar-refractivity contribution in [2.45, 2.75) is 25.3 Å². The van der Waals surface area contributed by atoms with Crippen LogP contribution in [0.4, 0.5) is 0 Å². The normalized spacial score (nSPS) is 19.0. The Hall–Kier alpha value is -2.20. The van der Waals surface area contributed by atoms with E-state index in [1.165, 1.54) is 23.6 Å². The quantitative estimate of drug-likeness (QED) is 0.777.